The summed E-state index contributed by atoms with van der Waals surface area (Å²) in [5.41, 5.74) is 0.876. The van der Waals surface area contributed by atoms with Crippen molar-refractivity contribution in [2.24, 2.45) is 0 Å². The molecule has 0 aromatic carbocycles. The minimum atomic E-state index is -0.0809. The minimum Gasteiger partial charge on any atom is -0.313 e. The number of nitrogens with zero attached hydrogens (tertiary/aromatic N) is 2. The maximum Gasteiger partial charge on any atom is 0.267 e. The van der Waals surface area contributed by atoms with Gasteiger partial charge in [0.15, 0.2) is 0 Å². The predicted molar refractivity (Wildman–Crippen MR) is 63.9 cm³/mol. The van der Waals surface area contributed by atoms with E-state index in [1.165, 1.54) is 17.1 Å². The number of rotatable bonds is 5. The van der Waals surface area contributed by atoms with Gasteiger partial charge in [-0.1, -0.05) is 13.5 Å². The number of hydrogen-bond acceptors (Lipinski definition) is 3. The second kappa shape index (κ2) is 5.82. The van der Waals surface area contributed by atoms with Crippen molar-refractivity contribution in [2.75, 3.05) is 13.1 Å². The molecule has 0 saturated heterocycles. The molecule has 1 aromatic rings. The van der Waals surface area contributed by atoms with Gasteiger partial charge in [0.25, 0.3) is 5.56 Å². The van der Waals surface area contributed by atoms with Crippen LogP contribution < -0.4 is 10.9 Å². The van der Waals surface area contributed by atoms with E-state index in [0.29, 0.717) is 11.0 Å². The highest BCUT2D eigenvalue weighted by Crippen LogP contribution is 1.99. The highest BCUT2D eigenvalue weighted by atomic mass is 79.9. The fourth-order valence-electron chi connectivity index (χ4n) is 1.14. The number of hydrogen-bond donors (Lipinski definition) is 1. The third-order valence-corrected chi connectivity index (χ3v) is 2.42. The van der Waals surface area contributed by atoms with Crippen molar-refractivity contribution in [3.63, 3.8) is 0 Å². The van der Waals surface area contributed by atoms with Gasteiger partial charge >= 0.3 is 0 Å². The van der Waals surface area contributed by atoms with E-state index in [0.717, 1.165) is 18.7 Å². The Kier molecular flexibility index (Phi) is 4.71. The zero-order valence-electron chi connectivity index (χ0n) is 8.66. The topological polar surface area (TPSA) is 46.9 Å². The summed E-state index contributed by atoms with van der Waals surface area (Å²) in [4.78, 5) is 15.5. The van der Waals surface area contributed by atoms with Crippen molar-refractivity contribution in [1.29, 1.82) is 0 Å². The van der Waals surface area contributed by atoms with Crippen LogP contribution in [0.1, 0.15) is 6.92 Å². The molecule has 0 spiro atoms. The molecule has 15 heavy (non-hydrogen) atoms. The van der Waals surface area contributed by atoms with Gasteiger partial charge in [-0.3, -0.25) is 9.36 Å². The molecule has 1 rings (SSSR count). The molecule has 4 nitrogen and oxygen atoms in total. The molecule has 1 N–H and O–H groups in total. The SMILES string of the molecule is C=C(CNCC)Cn1cncc(Br)c1=O. The van der Waals surface area contributed by atoms with Gasteiger partial charge in [0.2, 0.25) is 0 Å². The molecule has 0 fully saturated rings. The van der Waals surface area contributed by atoms with Crippen molar-refractivity contribution in [2.45, 2.75) is 13.5 Å². The Hall–Kier alpha value is -0.940. The second-order valence-corrected chi connectivity index (χ2v) is 4.06. The van der Waals surface area contributed by atoms with Crippen LogP contribution in [0.4, 0.5) is 0 Å². The zero-order valence-corrected chi connectivity index (χ0v) is 10.2. The lowest BCUT2D eigenvalue weighted by atomic mass is 10.3. The molecule has 5 heteroatoms. The Morgan fingerprint density at radius 2 is 2.47 bits per heavy atom. The minimum absolute atomic E-state index is 0.0809. The number of aromatic nitrogens is 2. The van der Waals surface area contributed by atoms with Crippen LogP contribution in [0.25, 0.3) is 0 Å². The zero-order chi connectivity index (χ0) is 11.3. The van der Waals surface area contributed by atoms with E-state index in [1.807, 2.05) is 6.92 Å². The Labute approximate surface area is 97.2 Å². The van der Waals surface area contributed by atoms with Crippen LogP contribution in [-0.2, 0) is 6.54 Å². The van der Waals surface area contributed by atoms with E-state index < -0.39 is 0 Å². The second-order valence-electron chi connectivity index (χ2n) is 3.20. The van der Waals surface area contributed by atoms with Gasteiger partial charge in [0, 0.05) is 19.3 Å². The standard InChI is InChI=1S/C10H14BrN3O/c1-3-12-4-8(2)6-14-7-13-5-9(11)10(14)15/h5,7,12H,2-4,6H2,1H3. The highest BCUT2D eigenvalue weighted by molar-refractivity contribution is 9.10. The maximum atomic E-state index is 11.6. The molecule has 1 aromatic heterocycles. The number of halogens is 1. The van der Waals surface area contributed by atoms with Crippen LogP contribution in [0.3, 0.4) is 0 Å². The van der Waals surface area contributed by atoms with Gasteiger partial charge in [0.05, 0.1) is 6.33 Å². The van der Waals surface area contributed by atoms with E-state index in [4.69, 9.17) is 0 Å². The number of nitrogens with one attached hydrogen (secondary N) is 1. The van der Waals surface area contributed by atoms with Crippen molar-refractivity contribution in [3.8, 4) is 0 Å². The van der Waals surface area contributed by atoms with E-state index in [9.17, 15) is 4.79 Å². The van der Waals surface area contributed by atoms with E-state index >= 15 is 0 Å². The van der Waals surface area contributed by atoms with Crippen molar-refractivity contribution >= 4 is 15.9 Å². The molecule has 0 aliphatic rings. The summed E-state index contributed by atoms with van der Waals surface area (Å²) in [7, 11) is 0. The molecule has 0 radical (unpaired) electrons. The Morgan fingerprint density at radius 3 is 3.13 bits per heavy atom. The summed E-state index contributed by atoms with van der Waals surface area (Å²) in [6, 6.07) is 0. The lowest BCUT2D eigenvalue weighted by molar-refractivity contribution is 0.674. The molecular weight excluding hydrogens is 258 g/mol. The van der Waals surface area contributed by atoms with Crippen LogP contribution in [-0.4, -0.2) is 22.6 Å². The van der Waals surface area contributed by atoms with Crippen LogP contribution in [0, 0.1) is 0 Å². The van der Waals surface area contributed by atoms with Crippen molar-refractivity contribution in [1.82, 2.24) is 14.9 Å². The van der Waals surface area contributed by atoms with Gasteiger partial charge in [-0.15, -0.1) is 0 Å². The first-order valence-corrected chi connectivity index (χ1v) is 5.51. The molecule has 0 bridgehead atoms. The molecule has 0 amide bonds. The molecule has 0 aliphatic carbocycles. The highest BCUT2D eigenvalue weighted by Gasteiger charge is 2.01. The summed E-state index contributed by atoms with van der Waals surface area (Å²) in [6.07, 6.45) is 3.01. The van der Waals surface area contributed by atoms with Gasteiger partial charge in [-0.05, 0) is 28.0 Å². The van der Waals surface area contributed by atoms with Gasteiger partial charge in [-0.25, -0.2) is 4.98 Å². The predicted octanol–water partition coefficient (Wildman–Crippen LogP) is 1.17. The Bertz CT molecular complexity index is 400. The molecule has 0 aliphatic heterocycles. The van der Waals surface area contributed by atoms with Crippen LogP contribution in [0.15, 0.2) is 33.9 Å². The smallest absolute Gasteiger partial charge is 0.267 e. The van der Waals surface area contributed by atoms with Gasteiger partial charge in [0.1, 0.15) is 4.47 Å². The fraction of sp³-hybridized carbons (Fsp3) is 0.400. The van der Waals surface area contributed by atoms with Gasteiger partial charge < -0.3 is 5.32 Å². The van der Waals surface area contributed by atoms with Crippen molar-refractivity contribution in [3.05, 3.63) is 39.5 Å². The number of likely N-dealkylation sites (N-methyl/N-ethyl adjacent to an activating group) is 1. The lowest BCUT2D eigenvalue weighted by Gasteiger charge is -2.08. The average Bonchev–Trinajstić information content (AvgIpc) is 2.22. The first-order chi connectivity index (χ1) is 7.15. The fourth-order valence-corrected chi connectivity index (χ4v) is 1.48. The van der Waals surface area contributed by atoms with Crippen LogP contribution in [0.2, 0.25) is 0 Å². The van der Waals surface area contributed by atoms with E-state index in [2.05, 4.69) is 32.8 Å². The molecule has 0 saturated carbocycles. The summed E-state index contributed by atoms with van der Waals surface area (Å²) >= 11 is 3.15. The van der Waals surface area contributed by atoms with Crippen LogP contribution >= 0.6 is 15.9 Å². The largest absolute Gasteiger partial charge is 0.313 e. The van der Waals surface area contributed by atoms with E-state index in [1.54, 1.807) is 0 Å². The maximum absolute atomic E-state index is 11.6. The third kappa shape index (κ3) is 3.60. The first kappa shape index (κ1) is 12.1. The summed E-state index contributed by atoms with van der Waals surface area (Å²) in [5.74, 6) is 0. The monoisotopic (exact) mass is 271 g/mol. The average molecular weight is 272 g/mol. The molecule has 0 unspecified atom stereocenters. The first-order valence-electron chi connectivity index (χ1n) is 4.72. The lowest BCUT2D eigenvalue weighted by Crippen LogP contribution is -2.25. The summed E-state index contributed by atoms with van der Waals surface area (Å²) in [5, 5.41) is 3.16. The Balaban J connectivity index is 2.69. The van der Waals surface area contributed by atoms with E-state index in [-0.39, 0.29) is 5.56 Å². The molecule has 82 valence electrons. The molecule has 1 heterocycles. The summed E-state index contributed by atoms with van der Waals surface area (Å²) < 4.78 is 2.00. The Morgan fingerprint density at radius 1 is 1.73 bits per heavy atom. The van der Waals surface area contributed by atoms with Crippen molar-refractivity contribution < 1.29 is 0 Å². The molecular formula is C10H14BrN3O. The molecule has 0 atom stereocenters. The van der Waals surface area contributed by atoms with Crippen LogP contribution in [0.5, 0.6) is 0 Å². The van der Waals surface area contributed by atoms with Gasteiger partial charge in [-0.2, -0.15) is 0 Å². The quantitative estimate of drug-likeness (QED) is 0.818. The third-order valence-electron chi connectivity index (χ3n) is 1.88. The normalized spacial score (nSPS) is 10.3. The summed E-state index contributed by atoms with van der Waals surface area (Å²) in [6.45, 7) is 8.03.